The maximum absolute atomic E-state index is 12.7. The van der Waals surface area contributed by atoms with Gasteiger partial charge in [0.25, 0.3) is 0 Å². The molecule has 0 spiro atoms. The van der Waals surface area contributed by atoms with Gasteiger partial charge in [-0.15, -0.1) is 0 Å². The maximum Gasteiger partial charge on any atom is 0.415 e. The zero-order valence-electron chi connectivity index (χ0n) is 16.4. The van der Waals surface area contributed by atoms with E-state index in [2.05, 4.69) is 22.9 Å². The Kier molecular flexibility index (Phi) is 6.82. The van der Waals surface area contributed by atoms with Crippen LogP contribution >= 0.6 is 0 Å². The van der Waals surface area contributed by atoms with Gasteiger partial charge in [0, 0.05) is 24.3 Å². The predicted octanol–water partition coefficient (Wildman–Crippen LogP) is 4.78. The lowest BCUT2D eigenvalue weighted by atomic mass is 9.95. The summed E-state index contributed by atoms with van der Waals surface area (Å²) in [7, 11) is 0. The second kappa shape index (κ2) is 8.65. The molecule has 1 aliphatic rings. The van der Waals surface area contributed by atoms with Crippen molar-refractivity contribution in [2.45, 2.75) is 71.9 Å². The molecule has 1 aliphatic heterocycles. The minimum atomic E-state index is -0.515. The predicted molar refractivity (Wildman–Crippen MR) is 102 cm³/mol. The molecule has 1 saturated heterocycles. The zero-order chi connectivity index (χ0) is 18.4. The number of amides is 1. The Balaban J connectivity index is 2.33. The third-order valence-electron chi connectivity index (χ3n) is 4.49. The van der Waals surface area contributed by atoms with Crippen LogP contribution in [0, 0.1) is 0 Å². The summed E-state index contributed by atoms with van der Waals surface area (Å²) >= 11 is 0. The van der Waals surface area contributed by atoms with Gasteiger partial charge in [0.2, 0.25) is 0 Å². The number of pyridine rings is 1. The number of aromatic nitrogens is 1. The van der Waals surface area contributed by atoms with Gasteiger partial charge in [-0.25, -0.2) is 9.78 Å². The molecule has 0 N–H and O–H groups in total. The van der Waals surface area contributed by atoms with E-state index in [4.69, 9.17) is 4.74 Å². The number of hydrogen-bond donors (Lipinski definition) is 0. The zero-order valence-corrected chi connectivity index (χ0v) is 16.4. The third-order valence-corrected chi connectivity index (χ3v) is 4.49. The van der Waals surface area contributed by atoms with Gasteiger partial charge >= 0.3 is 6.09 Å². The second-order valence-corrected chi connectivity index (χ2v) is 7.69. The van der Waals surface area contributed by atoms with Gasteiger partial charge < -0.3 is 4.74 Å². The molecule has 1 aromatic heterocycles. The molecule has 0 radical (unpaired) electrons. The molecule has 1 atom stereocenters. The van der Waals surface area contributed by atoms with Crippen LogP contribution in [0.5, 0.6) is 0 Å². The Morgan fingerprint density at radius 2 is 2.12 bits per heavy atom. The van der Waals surface area contributed by atoms with Gasteiger partial charge in [-0.1, -0.05) is 19.4 Å². The minimum absolute atomic E-state index is 0.326. The summed E-state index contributed by atoms with van der Waals surface area (Å²) in [6.07, 6.45) is 6.15. The summed E-state index contributed by atoms with van der Waals surface area (Å²) in [6.45, 7) is 12.6. The highest BCUT2D eigenvalue weighted by molar-refractivity contribution is 5.87. The first kappa shape index (κ1) is 19.7. The number of anilines is 1. The number of piperidine rings is 1. The molecular weight excluding hydrogens is 314 g/mol. The van der Waals surface area contributed by atoms with Crippen molar-refractivity contribution in [3.05, 3.63) is 23.9 Å². The highest BCUT2D eigenvalue weighted by Gasteiger charge is 2.30. The number of carbonyl (C=O) groups excluding carboxylic acids is 1. The summed E-state index contributed by atoms with van der Waals surface area (Å²) < 4.78 is 5.60. The summed E-state index contributed by atoms with van der Waals surface area (Å²) in [6, 6.07) is 4.42. The first-order chi connectivity index (χ1) is 11.9. The van der Waals surface area contributed by atoms with E-state index in [0.29, 0.717) is 12.6 Å². The first-order valence-corrected chi connectivity index (χ1v) is 9.56. The molecule has 1 unspecified atom stereocenters. The first-order valence-electron chi connectivity index (χ1n) is 9.56. The van der Waals surface area contributed by atoms with E-state index in [1.54, 1.807) is 11.1 Å². The molecule has 0 saturated carbocycles. The summed E-state index contributed by atoms with van der Waals surface area (Å²) in [5.74, 6) is 0.743. The Hall–Kier alpha value is -1.62. The SMILES string of the molecule is CCCN1CCCCC1c1cccnc1N(CC)C(=O)OC(C)(C)C. The largest absolute Gasteiger partial charge is 0.443 e. The standard InChI is InChI=1S/C20H33N3O2/c1-6-14-22-15-9-8-12-17(22)16-11-10-13-21-18(16)23(7-2)19(24)25-20(3,4)5/h10-11,13,17H,6-9,12,14-15H2,1-5H3. The molecule has 1 amide bonds. The van der Waals surface area contributed by atoms with Crippen LogP contribution in [-0.4, -0.2) is 41.2 Å². The molecule has 1 aromatic rings. The van der Waals surface area contributed by atoms with Gasteiger partial charge in [0.1, 0.15) is 11.4 Å². The van der Waals surface area contributed by atoms with E-state index in [-0.39, 0.29) is 6.09 Å². The topological polar surface area (TPSA) is 45.7 Å². The van der Waals surface area contributed by atoms with Crippen LogP contribution in [0.1, 0.15) is 71.9 Å². The van der Waals surface area contributed by atoms with E-state index in [1.165, 1.54) is 12.8 Å². The molecular formula is C20H33N3O2. The molecule has 25 heavy (non-hydrogen) atoms. The van der Waals surface area contributed by atoms with E-state index < -0.39 is 5.60 Å². The van der Waals surface area contributed by atoms with Crippen LogP contribution in [0.3, 0.4) is 0 Å². The Morgan fingerprint density at radius 1 is 1.36 bits per heavy atom. The van der Waals surface area contributed by atoms with Crippen LogP contribution in [0.25, 0.3) is 0 Å². The molecule has 0 aliphatic carbocycles. The smallest absolute Gasteiger partial charge is 0.415 e. The average molecular weight is 348 g/mol. The van der Waals surface area contributed by atoms with Gasteiger partial charge in [-0.3, -0.25) is 9.80 Å². The highest BCUT2D eigenvalue weighted by Crippen LogP contribution is 2.35. The highest BCUT2D eigenvalue weighted by atomic mass is 16.6. The summed E-state index contributed by atoms with van der Waals surface area (Å²) in [4.78, 5) is 21.5. The summed E-state index contributed by atoms with van der Waals surface area (Å²) in [5.41, 5.74) is 0.627. The molecule has 1 fully saturated rings. The van der Waals surface area contributed by atoms with Crippen LogP contribution in [-0.2, 0) is 4.74 Å². The van der Waals surface area contributed by atoms with Gasteiger partial charge in [-0.2, -0.15) is 0 Å². The van der Waals surface area contributed by atoms with E-state index >= 15 is 0 Å². The number of hydrogen-bond acceptors (Lipinski definition) is 4. The average Bonchev–Trinajstić information content (AvgIpc) is 2.55. The van der Waals surface area contributed by atoms with Crippen LogP contribution in [0.15, 0.2) is 18.3 Å². The minimum Gasteiger partial charge on any atom is -0.443 e. The monoisotopic (exact) mass is 347 g/mol. The molecule has 0 bridgehead atoms. The van der Waals surface area contributed by atoms with Crippen molar-refractivity contribution < 1.29 is 9.53 Å². The number of nitrogens with zero attached hydrogens (tertiary/aromatic N) is 3. The normalized spacial score (nSPS) is 18.8. The van der Waals surface area contributed by atoms with Gasteiger partial charge in [0.15, 0.2) is 0 Å². The van der Waals surface area contributed by atoms with E-state index in [0.717, 1.165) is 37.3 Å². The number of rotatable bonds is 5. The van der Waals surface area contributed by atoms with E-state index in [1.807, 2.05) is 33.8 Å². The van der Waals surface area contributed by atoms with E-state index in [9.17, 15) is 4.79 Å². The van der Waals surface area contributed by atoms with Crippen LogP contribution in [0.4, 0.5) is 10.6 Å². The maximum atomic E-state index is 12.7. The van der Waals surface area contributed by atoms with Crippen molar-refractivity contribution >= 4 is 11.9 Å². The molecule has 2 heterocycles. The lowest BCUT2D eigenvalue weighted by Crippen LogP contribution is -2.39. The molecule has 5 heteroatoms. The Morgan fingerprint density at radius 3 is 2.76 bits per heavy atom. The number of ether oxygens (including phenoxy) is 1. The quantitative estimate of drug-likeness (QED) is 0.769. The third kappa shape index (κ3) is 5.18. The Bertz CT molecular complexity index is 566. The van der Waals surface area contributed by atoms with Crippen molar-refractivity contribution in [2.75, 3.05) is 24.5 Å². The lowest BCUT2D eigenvalue weighted by molar-refractivity contribution is 0.0580. The fraction of sp³-hybridized carbons (Fsp3) is 0.700. The van der Waals surface area contributed by atoms with Crippen molar-refractivity contribution in [3.8, 4) is 0 Å². The molecule has 140 valence electrons. The Labute approximate surface area is 152 Å². The fourth-order valence-corrected chi connectivity index (χ4v) is 3.48. The molecule has 5 nitrogen and oxygen atoms in total. The van der Waals surface area contributed by atoms with Crippen molar-refractivity contribution in [2.24, 2.45) is 0 Å². The lowest BCUT2D eigenvalue weighted by Gasteiger charge is -2.37. The van der Waals surface area contributed by atoms with Gasteiger partial charge in [0.05, 0.1) is 0 Å². The molecule has 2 rings (SSSR count). The van der Waals surface area contributed by atoms with Crippen LogP contribution in [0.2, 0.25) is 0 Å². The second-order valence-electron chi connectivity index (χ2n) is 7.69. The van der Waals surface area contributed by atoms with Crippen molar-refractivity contribution in [3.63, 3.8) is 0 Å². The van der Waals surface area contributed by atoms with Crippen molar-refractivity contribution in [1.29, 1.82) is 0 Å². The fourth-order valence-electron chi connectivity index (χ4n) is 3.48. The number of carbonyl (C=O) groups is 1. The van der Waals surface area contributed by atoms with Gasteiger partial charge in [-0.05, 0) is 66.1 Å². The number of likely N-dealkylation sites (tertiary alicyclic amines) is 1. The summed E-state index contributed by atoms with van der Waals surface area (Å²) in [5, 5.41) is 0. The van der Waals surface area contributed by atoms with Crippen LogP contribution < -0.4 is 4.90 Å². The molecule has 0 aromatic carbocycles. The van der Waals surface area contributed by atoms with Crippen molar-refractivity contribution in [1.82, 2.24) is 9.88 Å².